The molecular formula is C26H23OS+. The lowest BCUT2D eigenvalue weighted by atomic mass is 10.0. The third-order valence-corrected chi connectivity index (χ3v) is 7.70. The molecule has 0 bridgehead atoms. The molecule has 138 valence electrons. The Hall–Kier alpha value is -2.97. The van der Waals surface area contributed by atoms with Crippen LogP contribution in [-0.2, 0) is 26.3 Å². The van der Waals surface area contributed by atoms with E-state index in [4.69, 9.17) is 0 Å². The van der Waals surface area contributed by atoms with Gasteiger partial charge in [0.05, 0.1) is 0 Å². The van der Waals surface area contributed by atoms with Gasteiger partial charge in [0.1, 0.15) is 5.75 Å². The Kier molecular flexibility index (Phi) is 5.50. The Morgan fingerprint density at radius 1 is 0.464 bits per heavy atom. The quantitative estimate of drug-likeness (QED) is 0.352. The van der Waals surface area contributed by atoms with E-state index >= 15 is 0 Å². The van der Waals surface area contributed by atoms with Crippen molar-refractivity contribution in [2.75, 3.05) is 0 Å². The zero-order chi connectivity index (χ0) is 19.2. The second-order valence-electron chi connectivity index (χ2n) is 6.92. The van der Waals surface area contributed by atoms with Crippen LogP contribution in [0.5, 0.6) is 0 Å². The minimum atomic E-state index is -2.37. The molecule has 0 aliphatic heterocycles. The number of benzene rings is 4. The van der Waals surface area contributed by atoms with Gasteiger partial charge in [0.15, 0.2) is 19.7 Å². The zero-order valence-electron chi connectivity index (χ0n) is 15.7. The maximum Gasteiger partial charge on any atom is 0.163 e. The van der Waals surface area contributed by atoms with Crippen molar-refractivity contribution in [1.29, 1.82) is 0 Å². The van der Waals surface area contributed by atoms with Crippen LogP contribution in [0, 0.1) is 0 Å². The van der Waals surface area contributed by atoms with Crippen LogP contribution in [0.3, 0.4) is 0 Å². The maximum absolute atomic E-state index is 14.1. The summed E-state index contributed by atoms with van der Waals surface area (Å²) in [5.41, 5.74) is 3.66. The molecule has 28 heavy (non-hydrogen) atoms. The molecule has 0 amide bonds. The van der Waals surface area contributed by atoms with E-state index in [-0.39, 0.29) is 0 Å². The van der Waals surface area contributed by atoms with Crippen molar-refractivity contribution < 1.29 is 4.21 Å². The van der Waals surface area contributed by atoms with E-state index in [0.29, 0.717) is 5.75 Å². The molecule has 0 aliphatic carbocycles. The maximum atomic E-state index is 14.1. The van der Waals surface area contributed by atoms with Crippen LogP contribution < -0.4 is 0 Å². The molecule has 0 heterocycles. The molecule has 0 radical (unpaired) electrons. The molecule has 4 aromatic carbocycles. The summed E-state index contributed by atoms with van der Waals surface area (Å²) in [6, 6.07) is 38.6. The van der Waals surface area contributed by atoms with Gasteiger partial charge in [0, 0.05) is 5.56 Å². The highest BCUT2D eigenvalue weighted by molar-refractivity contribution is 8.02. The number of hydrogen-bond donors (Lipinski definition) is 0. The third kappa shape index (κ3) is 4.13. The van der Waals surface area contributed by atoms with Crippen molar-refractivity contribution in [3.8, 4) is 0 Å². The third-order valence-electron chi connectivity index (χ3n) is 4.89. The number of rotatable bonds is 6. The normalized spacial score (nSPS) is 11.3. The molecular weight excluding hydrogens is 360 g/mol. The smallest absolute Gasteiger partial charge is 0.0933 e. The van der Waals surface area contributed by atoms with Gasteiger partial charge in [-0.3, -0.25) is 0 Å². The first-order chi connectivity index (χ1) is 13.7. The summed E-state index contributed by atoms with van der Waals surface area (Å²) in [6.07, 6.45) is 0.911. The molecule has 2 heteroatoms. The van der Waals surface area contributed by atoms with E-state index in [1.807, 2.05) is 66.7 Å². The van der Waals surface area contributed by atoms with Crippen LogP contribution in [0.2, 0.25) is 0 Å². The molecule has 0 fully saturated rings. The summed E-state index contributed by atoms with van der Waals surface area (Å²) in [6.45, 7) is 0. The SMILES string of the molecule is O=[S+](Cc1ccc(Cc2ccccc2)cc1)(c1ccccc1)c1ccccc1. The van der Waals surface area contributed by atoms with Crippen molar-refractivity contribution in [3.63, 3.8) is 0 Å². The summed E-state index contributed by atoms with van der Waals surface area (Å²) in [7, 11) is -2.37. The Balaban J connectivity index is 1.62. The van der Waals surface area contributed by atoms with Crippen LogP contribution in [0.4, 0.5) is 0 Å². The van der Waals surface area contributed by atoms with Crippen molar-refractivity contribution in [1.82, 2.24) is 0 Å². The minimum Gasteiger partial charge on any atom is -0.0933 e. The van der Waals surface area contributed by atoms with Crippen molar-refractivity contribution >= 4 is 9.93 Å². The van der Waals surface area contributed by atoms with E-state index in [1.165, 1.54) is 11.1 Å². The first-order valence-corrected chi connectivity index (χ1v) is 11.2. The van der Waals surface area contributed by atoms with Crippen LogP contribution in [0.1, 0.15) is 16.7 Å². The Bertz CT molecular complexity index is 1010. The first-order valence-electron chi connectivity index (χ1n) is 9.48. The molecule has 0 atom stereocenters. The Labute approximate surface area is 168 Å². The molecule has 0 spiro atoms. The predicted molar refractivity (Wildman–Crippen MR) is 117 cm³/mol. The van der Waals surface area contributed by atoms with Gasteiger partial charge in [-0.2, -0.15) is 0 Å². The fraction of sp³-hybridized carbons (Fsp3) is 0.0769. The molecule has 0 unspecified atom stereocenters. The van der Waals surface area contributed by atoms with Gasteiger partial charge in [-0.05, 0) is 41.8 Å². The Morgan fingerprint density at radius 3 is 1.36 bits per heavy atom. The molecule has 0 saturated heterocycles. The summed E-state index contributed by atoms with van der Waals surface area (Å²) in [5.74, 6) is 0.507. The summed E-state index contributed by atoms with van der Waals surface area (Å²) in [4.78, 5) is 1.77. The highest BCUT2D eigenvalue weighted by Gasteiger charge is 2.34. The average molecular weight is 384 g/mol. The van der Waals surface area contributed by atoms with Crippen molar-refractivity contribution in [3.05, 3.63) is 132 Å². The van der Waals surface area contributed by atoms with Gasteiger partial charge < -0.3 is 0 Å². The topological polar surface area (TPSA) is 17.1 Å². The van der Waals surface area contributed by atoms with E-state index < -0.39 is 9.93 Å². The lowest BCUT2D eigenvalue weighted by Crippen LogP contribution is -2.15. The number of hydrogen-bond acceptors (Lipinski definition) is 1. The Morgan fingerprint density at radius 2 is 0.857 bits per heavy atom. The molecule has 0 aliphatic rings. The molecule has 0 N–H and O–H groups in total. The molecule has 0 saturated carbocycles. The molecule has 4 aromatic rings. The fourth-order valence-electron chi connectivity index (χ4n) is 3.40. The van der Waals surface area contributed by atoms with Crippen molar-refractivity contribution in [2.24, 2.45) is 0 Å². The van der Waals surface area contributed by atoms with Crippen LogP contribution in [0.25, 0.3) is 0 Å². The standard InChI is InChI=1S/C26H23OS/c27-28(25-12-6-2-7-13-25,26-14-8-3-9-15-26)21-24-18-16-23(17-19-24)20-22-10-4-1-5-11-22/h1-19H,20-21H2/q+1. The van der Waals surface area contributed by atoms with Gasteiger partial charge in [-0.15, -0.1) is 0 Å². The summed E-state index contributed by atoms with van der Waals surface area (Å²) < 4.78 is 14.1. The largest absolute Gasteiger partial charge is 0.163 e. The average Bonchev–Trinajstić information content (AvgIpc) is 2.77. The molecule has 4 rings (SSSR count). The van der Waals surface area contributed by atoms with E-state index in [9.17, 15) is 4.21 Å². The van der Waals surface area contributed by atoms with E-state index in [2.05, 4.69) is 48.5 Å². The lowest BCUT2D eigenvalue weighted by Gasteiger charge is -2.13. The van der Waals surface area contributed by atoms with Gasteiger partial charge in [-0.1, -0.05) is 95.2 Å². The highest BCUT2D eigenvalue weighted by Crippen LogP contribution is 2.32. The zero-order valence-corrected chi connectivity index (χ0v) is 16.5. The molecule has 1 nitrogen and oxygen atoms in total. The predicted octanol–water partition coefficient (Wildman–Crippen LogP) is 6.40. The van der Waals surface area contributed by atoms with Crippen LogP contribution in [0.15, 0.2) is 125 Å². The van der Waals surface area contributed by atoms with Gasteiger partial charge in [-0.25, -0.2) is 0 Å². The molecule has 0 aromatic heterocycles. The first kappa shape index (κ1) is 18.4. The van der Waals surface area contributed by atoms with Gasteiger partial charge in [0.2, 0.25) is 0 Å². The minimum absolute atomic E-state index is 0.507. The van der Waals surface area contributed by atoms with Crippen LogP contribution in [-0.4, -0.2) is 0 Å². The lowest BCUT2D eigenvalue weighted by molar-refractivity contribution is 0.583. The van der Waals surface area contributed by atoms with Crippen molar-refractivity contribution in [2.45, 2.75) is 22.0 Å². The summed E-state index contributed by atoms with van der Waals surface area (Å²) >= 11 is 0. The fourth-order valence-corrected chi connectivity index (χ4v) is 5.86. The summed E-state index contributed by atoms with van der Waals surface area (Å²) in [5, 5.41) is 0. The second kappa shape index (κ2) is 8.37. The monoisotopic (exact) mass is 383 g/mol. The van der Waals surface area contributed by atoms with E-state index in [1.54, 1.807) is 0 Å². The van der Waals surface area contributed by atoms with Crippen LogP contribution >= 0.6 is 0 Å². The van der Waals surface area contributed by atoms with Gasteiger partial charge in [0.25, 0.3) is 0 Å². The van der Waals surface area contributed by atoms with E-state index in [0.717, 1.165) is 21.8 Å². The highest BCUT2D eigenvalue weighted by atomic mass is 32.2. The second-order valence-corrected chi connectivity index (χ2v) is 9.51. The van der Waals surface area contributed by atoms with Gasteiger partial charge >= 0.3 is 0 Å².